The number of nitriles is 1. The van der Waals surface area contributed by atoms with E-state index in [-0.39, 0.29) is 17.9 Å². The Bertz CT molecular complexity index is 1180. The van der Waals surface area contributed by atoms with Gasteiger partial charge in [0.2, 0.25) is 5.91 Å². The molecule has 1 amide bonds. The molecular formula is C29H38N4O3. The van der Waals surface area contributed by atoms with E-state index in [9.17, 15) is 10.1 Å². The molecule has 2 unspecified atom stereocenters. The van der Waals surface area contributed by atoms with Crippen molar-refractivity contribution in [2.45, 2.75) is 64.5 Å². The number of nitrogens with two attached hydrogens (primary N) is 2. The molecule has 3 aliphatic rings. The summed E-state index contributed by atoms with van der Waals surface area (Å²) in [5.41, 5.74) is 14.9. The summed E-state index contributed by atoms with van der Waals surface area (Å²) in [5.74, 6) is 1.24. The lowest BCUT2D eigenvalue weighted by molar-refractivity contribution is -0.120. The van der Waals surface area contributed by atoms with Crippen LogP contribution in [0.2, 0.25) is 0 Å². The highest BCUT2D eigenvalue weighted by atomic mass is 16.5. The first-order valence-corrected chi connectivity index (χ1v) is 13.1. The van der Waals surface area contributed by atoms with Gasteiger partial charge in [-0.1, -0.05) is 32.1 Å². The van der Waals surface area contributed by atoms with E-state index in [1.54, 1.807) is 13.8 Å². The number of hydrogen-bond donors (Lipinski definition) is 2. The summed E-state index contributed by atoms with van der Waals surface area (Å²) in [7, 11) is 0. The molecule has 2 atom stereocenters. The van der Waals surface area contributed by atoms with Crippen molar-refractivity contribution in [1.29, 1.82) is 5.26 Å². The maximum atomic E-state index is 10.0. The molecule has 36 heavy (non-hydrogen) atoms. The van der Waals surface area contributed by atoms with E-state index in [2.05, 4.69) is 34.9 Å². The normalized spacial score (nSPS) is 21.5. The second-order valence-corrected chi connectivity index (χ2v) is 10.3. The largest absolute Gasteiger partial charge is 0.494 e. The molecule has 7 nitrogen and oxygen atoms in total. The van der Waals surface area contributed by atoms with Gasteiger partial charge in [-0.2, -0.15) is 5.26 Å². The van der Waals surface area contributed by atoms with Gasteiger partial charge in [0, 0.05) is 42.7 Å². The second-order valence-electron chi connectivity index (χ2n) is 10.3. The van der Waals surface area contributed by atoms with Crippen molar-refractivity contribution in [3.05, 3.63) is 47.7 Å². The Labute approximate surface area is 213 Å². The van der Waals surface area contributed by atoms with Crippen molar-refractivity contribution in [3.63, 3.8) is 0 Å². The Kier molecular flexibility index (Phi) is 8.50. The number of fused-ring (bicyclic) bond motifs is 1. The fourth-order valence-corrected chi connectivity index (χ4v) is 4.77. The lowest BCUT2D eigenvalue weighted by Gasteiger charge is -2.30. The van der Waals surface area contributed by atoms with Gasteiger partial charge in [-0.25, -0.2) is 0 Å². The second kappa shape index (κ2) is 11.8. The summed E-state index contributed by atoms with van der Waals surface area (Å²) < 4.78 is 14.0. The molecule has 0 radical (unpaired) electrons. The molecule has 1 saturated carbocycles. The molecule has 1 aromatic carbocycles. The van der Waals surface area contributed by atoms with Crippen LogP contribution < -0.4 is 16.2 Å². The van der Waals surface area contributed by atoms with E-state index in [1.807, 2.05) is 12.1 Å². The van der Waals surface area contributed by atoms with Crippen molar-refractivity contribution in [2.75, 3.05) is 19.8 Å². The van der Waals surface area contributed by atoms with Crippen molar-refractivity contribution >= 4 is 22.4 Å². The highest BCUT2D eigenvalue weighted by Gasteiger charge is 2.28. The first kappa shape index (κ1) is 26.0. The molecule has 4 N–H and O–H groups in total. The SMILES string of the molecule is CC(C)C(N)=O.N#Cc1c(C2=CCC(N)C=C2)n(C2CCC2)c2cc(OCCC3CCOC3)ccc12. The van der Waals surface area contributed by atoms with Crippen LogP contribution in [0.1, 0.15) is 69.7 Å². The molecule has 1 aromatic heterocycles. The molecule has 5 rings (SSSR count). The topological polar surface area (TPSA) is 116 Å². The number of rotatable bonds is 7. The number of allylic oxidation sites excluding steroid dienone is 2. The molecule has 7 heteroatoms. The third-order valence-electron chi connectivity index (χ3n) is 7.32. The van der Waals surface area contributed by atoms with Crippen LogP contribution in [0.3, 0.4) is 0 Å². The maximum Gasteiger partial charge on any atom is 0.219 e. The minimum Gasteiger partial charge on any atom is -0.494 e. The van der Waals surface area contributed by atoms with Crippen LogP contribution in [-0.4, -0.2) is 36.3 Å². The van der Waals surface area contributed by atoms with Crippen LogP contribution >= 0.6 is 0 Å². The molecule has 192 valence electrons. The Balaban J connectivity index is 0.000000455. The predicted octanol–water partition coefficient (Wildman–Crippen LogP) is 4.84. The predicted molar refractivity (Wildman–Crippen MR) is 142 cm³/mol. The van der Waals surface area contributed by atoms with Crippen LogP contribution in [0.15, 0.2) is 36.4 Å². The van der Waals surface area contributed by atoms with E-state index in [4.69, 9.17) is 20.9 Å². The minimum absolute atomic E-state index is 0.00926. The monoisotopic (exact) mass is 490 g/mol. The molecule has 2 aliphatic carbocycles. The summed E-state index contributed by atoms with van der Waals surface area (Å²) >= 11 is 0. The quantitative estimate of drug-likeness (QED) is 0.576. The van der Waals surface area contributed by atoms with Gasteiger partial charge >= 0.3 is 0 Å². The van der Waals surface area contributed by atoms with Crippen LogP contribution in [0.5, 0.6) is 5.75 Å². The number of nitrogens with zero attached hydrogens (tertiary/aromatic N) is 2. The molecule has 1 aliphatic heterocycles. The zero-order valence-electron chi connectivity index (χ0n) is 21.4. The average molecular weight is 491 g/mol. The number of carbonyl (C=O) groups is 1. The van der Waals surface area contributed by atoms with Gasteiger partial charge < -0.3 is 25.5 Å². The molecular weight excluding hydrogens is 452 g/mol. The third-order valence-corrected chi connectivity index (χ3v) is 7.32. The number of carbonyl (C=O) groups excluding carboxylic acids is 1. The van der Waals surface area contributed by atoms with Gasteiger partial charge in [0.05, 0.1) is 23.4 Å². The summed E-state index contributed by atoms with van der Waals surface area (Å²) in [6.07, 6.45) is 12.8. The minimum atomic E-state index is -0.241. The van der Waals surface area contributed by atoms with Gasteiger partial charge in [-0.3, -0.25) is 4.79 Å². The third kappa shape index (κ3) is 5.83. The lowest BCUT2D eigenvalue weighted by Crippen LogP contribution is -2.21. The summed E-state index contributed by atoms with van der Waals surface area (Å²) in [5, 5.41) is 11.0. The number of benzene rings is 1. The Morgan fingerprint density at radius 2 is 2.08 bits per heavy atom. The van der Waals surface area contributed by atoms with E-state index in [1.165, 1.54) is 6.42 Å². The molecule has 2 aromatic rings. The van der Waals surface area contributed by atoms with E-state index < -0.39 is 0 Å². The molecule has 0 spiro atoms. The van der Waals surface area contributed by atoms with E-state index in [0.29, 0.717) is 18.6 Å². The lowest BCUT2D eigenvalue weighted by atomic mass is 9.91. The number of ether oxygens (including phenoxy) is 2. The van der Waals surface area contributed by atoms with Crippen molar-refractivity contribution < 1.29 is 14.3 Å². The zero-order valence-corrected chi connectivity index (χ0v) is 21.4. The van der Waals surface area contributed by atoms with E-state index in [0.717, 1.165) is 78.8 Å². The first-order chi connectivity index (χ1) is 17.4. The summed E-state index contributed by atoms with van der Waals surface area (Å²) in [6, 6.07) is 9.18. The van der Waals surface area contributed by atoms with Crippen LogP contribution in [0.25, 0.3) is 16.5 Å². The molecule has 1 saturated heterocycles. The smallest absolute Gasteiger partial charge is 0.219 e. The Morgan fingerprint density at radius 3 is 2.64 bits per heavy atom. The highest BCUT2D eigenvalue weighted by molar-refractivity contribution is 5.95. The number of amides is 1. The summed E-state index contributed by atoms with van der Waals surface area (Å²) in [4.78, 5) is 9.92. The van der Waals surface area contributed by atoms with Gasteiger partial charge in [0.25, 0.3) is 0 Å². The molecule has 0 bridgehead atoms. The molecule has 2 fully saturated rings. The number of hydrogen-bond acceptors (Lipinski definition) is 5. The number of primary amides is 1. The highest BCUT2D eigenvalue weighted by Crippen LogP contribution is 2.42. The first-order valence-electron chi connectivity index (χ1n) is 13.1. The van der Waals surface area contributed by atoms with Crippen molar-refractivity contribution in [3.8, 4) is 11.8 Å². The fourth-order valence-electron chi connectivity index (χ4n) is 4.77. The van der Waals surface area contributed by atoms with Gasteiger partial charge in [-0.05, 0) is 62.1 Å². The number of aromatic nitrogens is 1. The fraction of sp³-hybridized carbons (Fsp3) is 0.517. The maximum absolute atomic E-state index is 10.0. The standard InChI is InChI=1S/C25H29N3O2.C4H9NO/c26-15-23-22-9-8-21(30-13-11-17-10-12-29-16-17)14-24(22)28(20-2-1-3-20)25(23)18-4-6-19(27)7-5-18;1-3(2)4(5)6/h4-6,8-9,14,17,19-20H,1-3,7,10-13,16,27H2;3H,1-2H3,(H2,5,6). The van der Waals surface area contributed by atoms with Crippen LogP contribution in [-0.2, 0) is 9.53 Å². The van der Waals surface area contributed by atoms with Crippen LogP contribution in [0, 0.1) is 23.2 Å². The Morgan fingerprint density at radius 1 is 1.31 bits per heavy atom. The molecule has 2 heterocycles. The van der Waals surface area contributed by atoms with Crippen LogP contribution in [0.4, 0.5) is 0 Å². The van der Waals surface area contributed by atoms with E-state index >= 15 is 0 Å². The van der Waals surface area contributed by atoms with Gasteiger partial charge in [0.15, 0.2) is 0 Å². The van der Waals surface area contributed by atoms with Crippen molar-refractivity contribution in [2.24, 2.45) is 23.3 Å². The van der Waals surface area contributed by atoms with Gasteiger partial charge in [-0.15, -0.1) is 0 Å². The Hall–Kier alpha value is -3.08. The zero-order chi connectivity index (χ0) is 25.7. The van der Waals surface area contributed by atoms with Gasteiger partial charge in [0.1, 0.15) is 11.8 Å². The average Bonchev–Trinajstić information content (AvgIpc) is 3.45. The summed E-state index contributed by atoms with van der Waals surface area (Å²) in [6.45, 7) is 5.96. The van der Waals surface area contributed by atoms with Crippen molar-refractivity contribution in [1.82, 2.24) is 4.57 Å².